The Hall–Kier alpha value is -1.03. The Morgan fingerprint density at radius 2 is 2.00 bits per heavy atom. The third-order valence-electron chi connectivity index (χ3n) is 2.34. The molecular formula is C12H12ClF3O. The van der Waals surface area contributed by atoms with Gasteiger partial charge in [0.05, 0.1) is 5.56 Å². The summed E-state index contributed by atoms with van der Waals surface area (Å²) < 4.78 is 38.1. The highest BCUT2D eigenvalue weighted by molar-refractivity contribution is 6.30. The predicted molar refractivity (Wildman–Crippen MR) is 60.3 cm³/mol. The molecule has 1 rings (SSSR count). The molecule has 0 spiro atoms. The first kappa shape index (κ1) is 14.0. The number of Topliss-reactive ketones (excluding diaryl/α,β-unsaturated/α-hetero) is 1. The van der Waals surface area contributed by atoms with E-state index in [1.807, 2.05) is 6.92 Å². The molecule has 0 amide bonds. The van der Waals surface area contributed by atoms with Crippen molar-refractivity contribution in [1.29, 1.82) is 0 Å². The van der Waals surface area contributed by atoms with E-state index in [1.165, 1.54) is 6.07 Å². The third kappa shape index (κ3) is 3.73. The second-order valence-electron chi connectivity index (χ2n) is 3.71. The van der Waals surface area contributed by atoms with Gasteiger partial charge in [-0.05, 0) is 24.6 Å². The van der Waals surface area contributed by atoms with Crippen LogP contribution in [0.3, 0.4) is 0 Å². The lowest BCUT2D eigenvalue weighted by Crippen LogP contribution is -2.13. The summed E-state index contributed by atoms with van der Waals surface area (Å²) >= 11 is 5.52. The molecule has 0 saturated heterocycles. The van der Waals surface area contributed by atoms with Gasteiger partial charge in [-0.25, -0.2) is 0 Å². The summed E-state index contributed by atoms with van der Waals surface area (Å²) in [5.41, 5.74) is -1.25. The lowest BCUT2D eigenvalue weighted by molar-refractivity contribution is -0.137. The van der Waals surface area contributed by atoms with Gasteiger partial charge in [0.25, 0.3) is 0 Å². The summed E-state index contributed by atoms with van der Waals surface area (Å²) in [4.78, 5) is 11.6. The number of unbranched alkanes of at least 4 members (excludes halogenated alkanes) is 1. The van der Waals surface area contributed by atoms with E-state index < -0.39 is 17.5 Å². The van der Waals surface area contributed by atoms with E-state index in [4.69, 9.17) is 11.6 Å². The van der Waals surface area contributed by atoms with Gasteiger partial charge < -0.3 is 0 Å². The summed E-state index contributed by atoms with van der Waals surface area (Å²) in [6.45, 7) is 1.87. The van der Waals surface area contributed by atoms with Gasteiger partial charge in [0.15, 0.2) is 5.78 Å². The molecule has 0 bridgehead atoms. The van der Waals surface area contributed by atoms with Crippen LogP contribution in [0.1, 0.15) is 42.1 Å². The largest absolute Gasteiger partial charge is 0.417 e. The van der Waals surface area contributed by atoms with Crippen LogP contribution >= 0.6 is 11.6 Å². The highest BCUT2D eigenvalue weighted by atomic mass is 35.5. The van der Waals surface area contributed by atoms with E-state index in [1.54, 1.807) is 0 Å². The number of hydrogen-bond donors (Lipinski definition) is 0. The lowest BCUT2D eigenvalue weighted by atomic mass is 10.00. The van der Waals surface area contributed by atoms with Gasteiger partial charge in [-0.3, -0.25) is 4.79 Å². The van der Waals surface area contributed by atoms with E-state index >= 15 is 0 Å². The van der Waals surface area contributed by atoms with Gasteiger partial charge in [0, 0.05) is 17.0 Å². The first-order chi connectivity index (χ1) is 7.86. The molecule has 17 heavy (non-hydrogen) atoms. The van der Waals surface area contributed by atoms with Gasteiger partial charge in [-0.1, -0.05) is 24.9 Å². The number of rotatable bonds is 4. The van der Waals surface area contributed by atoms with Crippen LogP contribution < -0.4 is 0 Å². The minimum atomic E-state index is -4.55. The summed E-state index contributed by atoms with van der Waals surface area (Å²) in [7, 11) is 0. The Labute approximate surface area is 103 Å². The number of hydrogen-bond acceptors (Lipinski definition) is 1. The molecule has 0 fully saturated rings. The molecule has 0 unspecified atom stereocenters. The van der Waals surface area contributed by atoms with Crippen molar-refractivity contribution < 1.29 is 18.0 Å². The van der Waals surface area contributed by atoms with Crippen molar-refractivity contribution in [2.45, 2.75) is 32.4 Å². The molecule has 1 aromatic rings. The van der Waals surface area contributed by atoms with Crippen molar-refractivity contribution in [2.75, 3.05) is 0 Å². The fraction of sp³-hybridized carbons (Fsp3) is 0.417. The summed E-state index contributed by atoms with van der Waals surface area (Å²) in [5.74, 6) is -0.490. The lowest BCUT2D eigenvalue weighted by Gasteiger charge is -2.12. The Morgan fingerprint density at radius 3 is 2.53 bits per heavy atom. The van der Waals surface area contributed by atoms with Crippen LogP contribution in [-0.4, -0.2) is 5.78 Å². The molecule has 0 saturated carbocycles. The number of ketones is 1. The van der Waals surface area contributed by atoms with E-state index in [2.05, 4.69) is 0 Å². The maximum atomic E-state index is 12.7. The van der Waals surface area contributed by atoms with Crippen molar-refractivity contribution in [3.05, 3.63) is 34.3 Å². The SMILES string of the molecule is CCCCC(=O)c1ccc(Cl)cc1C(F)(F)F. The highest BCUT2D eigenvalue weighted by Crippen LogP contribution is 2.34. The Kier molecular flexibility index (Phi) is 4.57. The van der Waals surface area contributed by atoms with Gasteiger partial charge in [-0.15, -0.1) is 0 Å². The normalized spacial score (nSPS) is 11.6. The molecule has 1 nitrogen and oxygen atoms in total. The Balaban J connectivity index is 3.11. The van der Waals surface area contributed by atoms with Crippen molar-refractivity contribution in [3.63, 3.8) is 0 Å². The molecule has 94 valence electrons. The smallest absolute Gasteiger partial charge is 0.294 e. The minimum absolute atomic E-state index is 0.0237. The molecule has 0 aliphatic heterocycles. The second-order valence-corrected chi connectivity index (χ2v) is 4.15. The summed E-state index contributed by atoms with van der Waals surface area (Å²) in [5, 5.41) is -0.0237. The summed E-state index contributed by atoms with van der Waals surface area (Å²) in [6, 6.07) is 3.24. The van der Waals surface area contributed by atoms with Crippen LogP contribution in [0.25, 0.3) is 0 Å². The number of alkyl halides is 3. The van der Waals surface area contributed by atoms with Crippen LogP contribution in [-0.2, 0) is 6.18 Å². The Morgan fingerprint density at radius 1 is 1.35 bits per heavy atom. The average Bonchev–Trinajstić information content (AvgIpc) is 2.24. The first-order valence-electron chi connectivity index (χ1n) is 5.26. The molecule has 0 atom stereocenters. The minimum Gasteiger partial charge on any atom is -0.294 e. The monoisotopic (exact) mass is 264 g/mol. The van der Waals surface area contributed by atoms with Gasteiger partial charge in [0.2, 0.25) is 0 Å². The fourth-order valence-corrected chi connectivity index (χ4v) is 1.64. The van der Waals surface area contributed by atoms with E-state index in [0.717, 1.165) is 18.6 Å². The fourth-order valence-electron chi connectivity index (χ4n) is 1.47. The molecule has 5 heteroatoms. The zero-order chi connectivity index (χ0) is 13.1. The van der Waals surface area contributed by atoms with Crippen LogP contribution in [0.5, 0.6) is 0 Å². The third-order valence-corrected chi connectivity index (χ3v) is 2.58. The molecule has 0 aliphatic rings. The van der Waals surface area contributed by atoms with Gasteiger partial charge in [-0.2, -0.15) is 13.2 Å². The zero-order valence-corrected chi connectivity index (χ0v) is 10.0. The second kappa shape index (κ2) is 5.54. The number of carbonyl (C=O) groups is 1. The number of halogens is 4. The molecular weight excluding hydrogens is 253 g/mol. The van der Waals surface area contributed by atoms with Crippen molar-refractivity contribution in [2.24, 2.45) is 0 Å². The van der Waals surface area contributed by atoms with E-state index in [9.17, 15) is 18.0 Å². The number of carbonyl (C=O) groups excluding carboxylic acids is 1. The first-order valence-corrected chi connectivity index (χ1v) is 5.64. The maximum absolute atomic E-state index is 12.7. The molecule has 0 N–H and O–H groups in total. The maximum Gasteiger partial charge on any atom is 0.417 e. The summed E-state index contributed by atoms with van der Waals surface area (Å²) in [6.07, 6.45) is -3.08. The van der Waals surface area contributed by atoms with Crippen LogP contribution in [0.15, 0.2) is 18.2 Å². The Bertz CT molecular complexity index is 413. The number of benzene rings is 1. The standard InChI is InChI=1S/C12H12ClF3O/c1-2-3-4-11(17)9-6-5-8(13)7-10(9)12(14,15)16/h5-7H,2-4H2,1H3. The van der Waals surface area contributed by atoms with E-state index in [-0.39, 0.29) is 17.0 Å². The van der Waals surface area contributed by atoms with Crippen LogP contribution in [0.2, 0.25) is 5.02 Å². The molecule has 0 radical (unpaired) electrons. The van der Waals surface area contributed by atoms with Crippen LogP contribution in [0.4, 0.5) is 13.2 Å². The molecule has 0 aromatic heterocycles. The molecule has 1 aromatic carbocycles. The predicted octanol–water partition coefficient (Wildman–Crippen LogP) is 4.73. The van der Waals surface area contributed by atoms with Crippen molar-refractivity contribution in [1.82, 2.24) is 0 Å². The average molecular weight is 265 g/mol. The highest BCUT2D eigenvalue weighted by Gasteiger charge is 2.35. The van der Waals surface area contributed by atoms with E-state index in [0.29, 0.717) is 6.42 Å². The van der Waals surface area contributed by atoms with Gasteiger partial charge in [0.1, 0.15) is 0 Å². The quantitative estimate of drug-likeness (QED) is 0.719. The van der Waals surface area contributed by atoms with Crippen LogP contribution in [0, 0.1) is 0 Å². The van der Waals surface area contributed by atoms with Crippen molar-refractivity contribution >= 4 is 17.4 Å². The molecule has 0 heterocycles. The van der Waals surface area contributed by atoms with Crippen molar-refractivity contribution in [3.8, 4) is 0 Å². The molecule has 0 aliphatic carbocycles. The topological polar surface area (TPSA) is 17.1 Å². The zero-order valence-electron chi connectivity index (χ0n) is 9.27. The van der Waals surface area contributed by atoms with Gasteiger partial charge >= 0.3 is 6.18 Å².